The van der Waals surface area contributed by atoms with Gasteiger partial charge in [-0.15, -0.1) is 0 Å². The molecule has 0 aromatic carbocycles. The van der Waals surface area contributed by atoms with Gasteiger partial charge in [-0.1, -0.05) is 0 Å². The molecule has 2 fully saturated rings. The molecule has 0 amide bonds. The summed E-state index contributed by atoms with van der Waals surface area (Å²) in [5, 5.41) is 0. The second kappa shape index (κ2) is 6.52. The van der Waals surface area contributed by atoms with E-state index in [4.69, 9.17) is 5.73 Å². The molecule has 0 bridgehead atoms. The minimum absolute atomic E-state index is 0.0336. The smallest absolute Gasteiger partial charge is 0.151 e. The molecule has 0 radical (unpaired) electrons. The lowest BCUT2D eigenvalue weighted by molar-refractivity contribution is 0.0709. The van der Waals surface area contributed by atoms with Crippen molar-refractivity contribution in [2.75, 3.05) is 38.2 Å². The van der Waals surface area contributed by atoms with Crippen LogP contribution in [0.15, 0.2) is 0 Å². The SMILES string of the molecule is CC(C)N1CCCC(CN)(N(C)C2CCS(=O)(=O)C2)CC1. The van der Waals surface area contributed by atoms with Crippen molar-refractivity contribution in [3.05, 3.63) is 0 Å². The minimum Gasteiger partial charge on any atom is -0.329 e. The largest absolute Gasteiger partial charge is 0.329 e. The molecule has 2 unspecified atom stereocenters. The lowest BCUT2D eigenvalue weighted by Crippen LogP contribution is -2.56. The zero-order valence-corrected chi connectivity index (χ0v) is 14.5. The van der Waals surface area contributed by atoms with Crippen LogP contribution in [0.2, 0.25) is 0 Å². The highest BCUT2D eigenvalue weighted by atomic mass is 32.2. The van der Waals surface area contributed by atoms with E-state index < -0.39 is 9.84 Å². The van der Waals surface area contributed by atoms with E-state index in [2.05, 4.69) is 30.7 Å². The van der Waals surface area contributed by atoms with Crippen LogP contribution in [-0.4, -0.2) is 74.0 Å². The third-order valence-corrected chi connectivity index (χ3v) is 7.32. The molecule has 21 heavy (non-hydrogen) atoms. The third kappa shape index (κ3) is 3.78. The monoisotopic (exact) mass is 317 g/mol. The van der Waals surface area contributed by atoms with E-state index in [-0.39, 0.29) is 11.6 Å². The molecule has 0 saturated carbocycles. The van der Waals surface area contributed by atoms with Gasteiger partial charge >= 0.3 is 0 Å². The quantitative estimate of drug-likeness (QED) is 0.827. The maximum absolute atomic E-state index is 11.8. The first-order valence-corrected chi connectivity index (χ1v) is 9.99. The fourth-order valence-electron chi connectivity index (χ4n) is 3.89. The van der Waals surface area contributed by atoms with Crippen molar-refractivity contribution in [1.82, 2.24) is 9.80 Å². The molecule has 0 aliphatic carbocycles. The van der Waals surface area contributed by atoms with Gasteiger partial charge in [0.15, 0.2) is 9.84 Å². The maximum atomic E-state index is 11.8. The van der Waals surface area contributed by atoms with Crippen molar-refractivity contribution < 1.29 is 8.42 Å². The molecule has 124 valence electrons. The Labute approximate surface area is 129 Å². The van der Waals surface area contributed by atoms with Crippen LogP contribution in [0.3, 0.4) is 0 Å². The molecule has 2 atom stereocenters. The molecule has 2 heterocycles. The van der Waals surface area contributed by atoms with Crippen LogP contribution in [0.5, 0.6) is 0 Å². The Balaban J connectivity index is 2.10. The Morgan fingerprint density at radius 1 is 1.33 bits per heavy atom. The van der Waals surface area contributed by atoms with Crippen molar-refractivity contribution in [3.63, 3.8) is 0 Å². The number of likely N-dealkylation sites (tertiary alicyclic amines) is 1. The lowest BCUT2D eigenvalue weighted by atomic mass is 9.87. The van der Waals surface area contributed by atoms with Crippen LogP contribution in [0.4, 0.5) is 0 Å². The Morgan fingerprint density at radius 2 is 2.05 bits per heavy atom. The highest BCUT2D eigenvalue weighted by Crippen LogP contribution is 2.32. The lowest BCUT2D eigenvalue weighted by Gasteiger charge is -2.44. The summed E-state index contributed by atoms with van der Waals surface area (Å²) in [6.07, 6.45) is 4.00. The summed E-state index contributed by atoms with van der Waals surface area (Å²) in [5.74, 6) is 0.639. The fourth-order valence-corrected chi connectivity index (χ4v) is 5.66. The third-order valence-electron chi connectivity index (χ3n) is 5.57. The predicted octanol–water partition coefficient (Wildman–Crippen LogP) is 0.697. The number of nitrogens with two attached hydrogens (primary N) is 1. The van der Waals surface area contributed by atoms with Crippen molar-refractivity contribution in [2.24, 2.45) is 5.73 Å². The first kappa shape index (κ1) is 17.2. The highest BCUT2D eigenvalue weighted by Gasteiger charge is 2.42. The summed E-state index contributed by atoms with van der Waals surface area (Å²) in [5.41, 5.74) is 6.12. The molecule has 0 aromatic rings. The molecule has 6 heteroatoms. The summed E-state index contributed by atoms with van der Waals surface area (Å²) < 4.78 is 23.5. The van der Waals surface area contributed by atoms with Crippen molar-refractivity contribution >= 4 is 9.84 Å². The zero-order valence-electron chi connectivity index (χ0n) is 13.7. The molecule has 0 aromatic heterocycles. The summed E-state index contributed by atoms with van der Waals surface area (Å²) in [6.45, 7) is 7.27. The van der Waals surface area contributed by atoms with E-state index in [9.17, 15) is 8.42 Å². The predicted molar refractivity (Wildman–Crippen MR) is 87.2 cm³/mol. The van der Waals surface area contributed by atoms with Crippen LogP contribution in [0.1, 0.15) is 39.5 Å². The average Bonchev–Trinajstić information content (AvgIpc) is 2.66. The Bertz CT molecular complexity index is 452. The van der Waals surface area contributed by atoms with Crippen LogP contribution in [-0.2, 0) is 9.84 Å². The molecule has 0 spiro atoms. The molecule has 2 rings (SSSR count). The van der Waals surface area contributed by atoms with Gasteiger partial charge in [-0.05, 0) is 53.1 Å². The van der Waals surface area contributed by atoms with E-state index in [0.717, 1.165) is 38.8 Å². The Morgan fingerprint density at radius 3 is 2.57 bits per heavy atom. The van der Waals surface area contributed by atoms with Crippen molar-refractivity contribution in [1.29, 1.82) is 0 Å². The number of hydrogen-bond acceptors (Lipinski definition) is 5. The number of nitrogens with zero attached hydrogens (tertiary/aromatic N) is 2. The fraction of sp³-hybridized carbons (Fsp3) is 1.00. The number of hydrogen-bond donors (Lipinski definition) is 1. The van der Waals surface area contributed by atoms with Gasteiger partial charge in [-0.2, -0.15) is 0 Å². The van der Waals surface area contributed by atoms with Gasteiger partial charge < -0.3 is 10.6 Å². The molecular formula is C15H31N3O2S. The average molecular weight is 317 g/mol. The topological polar surface area (TPSA) is 66.6 Å². The van der Waals surface area contributed by atoms with Crippen LogP contribution >= 0.6 is 0 Å². The molecule has 2 N–H and O–H groups in total. The van der Waals surface area contributed by atoms with E-state index in [0.29, 0.717) is 24.1 Å². The summed E-state index contributed by atoms with van der Waals surface area (Å²) >= 11 is 0. The minimum atomic E-state index is -2.84. The van der Waals surface area contributed by atoms with Crippen LogP contribution in [0, 0.1) is 0 Å². The molecule has 2 aliphatic heterocycles. The van der Waals surface area contributed by atoms with E-state index in [1.165, 1.54) is 0 Å². The van der Waals surface area contributed by atoms with Crippen molar-refractivity contribution in [3.8, 4) is 0 Å². The Hall–Kier alpha value is -0.170. The molecule has 5 nitrogen and oxygen atoms in total. The number of sulfone groups is 1. The van der Waals surface area contributed by atoms with Gasteiger partial charge in [0.1, 0.15) is 0 Å². The second-order valence-electron chi connectivity index (χ2n) is 7.08. The van der Waals surface area contributed by atoms with Crippen LogP contribution < -0.4 is 5.73 Å². The van der Waals surface area contributed by atoms with Gasteiger partial charge in [0.2, 0.25) is 0 Å². The zero-order chi connectivity index (χ0) is 15.7. The van der Waals surface area contributed by atoms with Crippen LogP contribution in [0.25, 0.3) is 0 Å². The molecule has 2 aliphatic rings. The maximum Gasteiger partial charge on any atom is 0.151 e. The van der Waals surface area contributed by atoms with Gasteiger partial charge in [-0.25, -0.2) is 8.42 Å². The molecule has 2 saturated heterocycles. The van der Waals surface area contributed by atoms with E-state index >= 15 is 0 Å². The van der Waals surface area contributed by atoms with Gasteiger partial charge in [0, 0.05) is 30.7 Å². The van der Waals surface area contributed by atoms with Gasteiger partial charge in [-0.3, -0.25) is 4.90 Å². The standard InChI is InChI=1S/C15H31N3O2S/c1-13(2)18-8-4-6-15(12-16,7-9-18)17(3)14-5-10-21(19,20)11-14/h13-14H,4-12,16H2,1-3H3. The highest BCUT2D eigenvalue weighted by molar-refractivity contribution is 7.91. The Kier molecular flexibility index (Phi) is 5.34. The van der Waals surface area contributed by atoms with E-state index in [1.54, 1.807) is 0 Å². The first-order valence-electron chi connectivity index (χ1n) is 8.17. The number of likely N-dealkylation sites (N-methyl/N-ethyl adjacent to an activating group) is 1. The van der Waals surface area contributed by atoms with E-state index in [1.807, 2.05) is 0 Å². The summed E-state index contributed by atoms with van der Waals surface area (Å²) in [4.78, 5) is 4.82. The second-order valence-corrected chi connectivity index (χ2v) is 9.31. The van der Waals surface area contributed by atoms with Gasteiger partial charge in [0.05, 0.1) is 11.5 Å². The molecular weight excluding hydrogens is 286 g/mol. The normalized spacial score (nSPS) is 34.5. The number of rotatable bonds is 4. The first-order chi connectivity index (χ1) is 9.80. The van der Waals surface area contributed by atoms with Crippen molar-refractivity contribution in [2.45, 2.75) is 57.2 Å². The van der Waals surface area contributed by atoms with Gasteiger partial charge in [0.25, 0.3) is 0 Å². The summed E-state index contributed by atoms with van der Waals surface area (Å²) in [6, 6.07) is 0.708. The summed E-state index contributed by atoms with van der Waals surface area (Å²) in [7, 11) is -0.754.